The third-order valence-electron chi connectivity index (χ3n) is 2.98. The van der Waals surface area contributed by atoms with E-state index in [1.165, 1.54) is 12.1 Å². The summed E-state index contributed by atoms with van der Waals surface area (Å²) in [5, 5.41) is 0. The number of aromatic amines is 1. The lowest BCUT2D eigenvalue weighted by atomic mass is 10.1. The highest BCUT2D eigenvalue weighted by Gasteiger charge is 2.07. The molecule has 0 saturated carbocycles. The molecular formula is C14H17F2N3. The van der Waals surface area contributed by atoms with E-state index in [0.717, 1.165) is 37.6 Å². The molecule has 1 heterocycles. The van der Waals surface area contributed by atoms with E-state index in [2.05, 4.69) is 9.97 Å². The number of aryl methyl sites for hydroxylation is 1. The molecule has 0 radical (unpaired) electrons. The number of nitrogens with zero attached hydrogens (tertiary/aromatic N) is 1. The molecule has 102 valence electrons. The van der Waals surface area contributed by atoms with Crippen molar-refractivity contribution < 1.29 is 8.78 Å². The van der Waals surface area contributed by atoms with Crippen molar-refractivity contribution in [3.05, 3.63) is 41.9 Å². The molecule has 5 heteroatoms. The normalized spacial score (nSPS) is 10.9. The predicted octanol–water partition coefficient (Wildman–Crippen LogP) is 3.03. The summed E-state index contributed by atoms with van der Waals surface area (Å²) >= 11 is 0. The fourth-order valence-electron chi connectivity index (χ4n) is 1.91. The van der Waals surface area contributed by atoms with Crippen LogP contribution in [0.1, 0.15) is 25.1 Å². The van der Waals surface area contributed by atoms with Crippen molar-refractivity contribution in [2.24, 2.45) is 5.73 Å². The Kier molecular flexibility index (Phi) is 4.63. The Morgan fingerprint density at radius 1 is 1.11 bits per heavy atom. The van der Waals surface area contributed by atoms with Gasteiger partial charge in [-0.1, -0.05) is 6.42 Å². The van der Waals surface area contributed by atoms with Crippen LogP contribution < -0.4 is 5.73 Å². The van der Waals surface area contributed by atoms with Gasteiger partial charge in [-0.3, -0.25) is 0 Å². The predicted molar refractivity (Wildman–Crippen MR) is 70.5 cm³/mol. The van der Waals surface area contributed by atoms with Crippen molar-refractivity contribution in [1.82, 2.24) is 9.97 Å². The molecule has 0 saturated heterocycles. The van der Waals surface area contributed by atoms with Gasteiger partial charge in [0, 0.05) is 12.0 Å². The monoisotopic (exact) mass is 265 g/mol. The van der Waals surface area contributed by atoms with Gasteiger partial charge in [-0.15, -0.1) is 0 Å². The molecule has 0 aliphatic heterocycles. The summed E-state index contributed by atoms with van der Waals surface area (Å²) in [5.41, 5.74) is 6.72. The maximum absolute atomic E-state index is 13.1. The second-order valence-corrected chi connectivity index (χ2v) is 4.47. The largest absolute Gasteiger partial charge is 0.342 e. The van der Waals surface area contributed by atoms with E-state index in [1.54, 1.807) is 6.20 Å². The molecule has 2 rings (SSSR count). The third-order valence-corrected chi connectivity index (χ3v) is 2.98. The molecule has 0 spiro atoms. The number of halogens is 2. The molecule has 19 heavy (non-hydrogen) atoms. The number of nitrogens with one attached hydrogen (secondary N) is 1. The molecule has 0 unspecified atom stereocenters. The number of hydrogen-bond donors (Lipinski definition) is 2. The molecule has 3 N–H and O–H groups in total. The summed E-state index contributed by atoms with van der Waals surface area (Å²) in [4.78, 5) is 7.36. The summed E-state index contributed by atoms with van der Waals surface area (Å²) in [6.45, 7) is 0.707. The van der Waals surface area contributed by atoms with Gasteiger partial charge in [-0.2, -0.15) is 0 Å². The Morgan fingerprint density at radius 3 is 2.68 bits per heavy atom. The van der Waals surface area contributed by atoms with Crippen LogP contribution in [0.5, 0.6) is 0 Å². The second kappa shape index (κ2) is 6.43. The van der Waals surface area contributed by atoms with Crippen LogP contribution in [0.4, 0.5) is 8.78 Å². The van der Waals surface area contributed by atoms with Crippen LogP contribution in [-0.4, -0.2) is 16.5 Å². The van der Waals surface area contributed by atoms with Crippen molar-refractivity contribution in [3.8, 4) is 11.3 Å². The van der Waals surface area contributed by atoms with Crippen LogP contribution >= 0.6 is 0 Å². The average Bonchev–Trinajstić information content (AvgIpc) is 2.87. The fourth-order valence-corrected chi connectivity index (χ4v) is 1.91. The van der Waals surface area contributed by atoms with E-state index in [1.807, 2.05) is 0 Å². The summed E-state index contributed by atoms with van der Waals surface area (Å²) in [6, 6.07) is 3.82. The number of benzene rings is 1. The minimum absolute atomic E-state index is 0.597. The Balaban J connectivity index is 2.01. The van der Waals surface area contributed by atoms with Gasteiger partial charge < -0.3 is 10.7 Å². The molecule has 0 bridgehead atoms. The molecule has 1 aromatic carbocycles. The molecule has 0 aliphatic rings. The highest BCUT2D eigenvalue weighted by Crippen LogP contribution is 2.20. The number of aromatic nitrogens is 2. The van der Waals surface area contributed by atoms with Crippen LogP contribution in [0.25, 0.3) is 11.3 Å². The van der Waals surface area contributed by atoms with Gasteiger partial charge in [0.1, 0.15) is 5.82 Å². The summed E-state index contributed by atoms with van der Waals surface area (Å²) in [6.07, 6.45) is 5.57. The van der Waals surface area contributed by atoms with Crippen LogP contribution in [0.15, 0.2) is 24.4 Å². The van der Waals surface area contributed by atoms with Gasteiger partial charge in [0.15, 0.2) is 11.6 Å². The first-order chi connectivity index (χ1) is 9.20. The molecule has 3 nitrogen and oxygen atoms in total. The maximum atomic E-state index is 13.1. The van der Waals surface area contributed by atoms with Crippen molar-refractivity contribution in [1.29, 1.82) is 0 Å². The zero-order valence-electron chi connectivity index (χ0n) is 10.6. The van der Waals surface area contributed by atoms with Crippen LogP contribution in [0.2, 0.25) is 0 Å². The second-order valence-electron chi connectivity index (χ2n) is 4.47. The van der Waals surface area contributed by atoms with Gasteiger partial charge in [0.25, 0.3) is 0 Å². The maximum Gasteiger partial charge on any atom is 0.159 e. The highest BCUT2D eigenvalue weighted by atomic mass is 19.2. The lowest BCUT2D eigenvalue weighted by Gasteiger charge is -1.99. The molecule has 2 aromatic rings. The van der Waals surface area contributed by atoms with Crippen LogP contribution in [0, 0.1) is 11.6 Å². The Hall–Kier alpha value is -1.75. The third kappa shape index (κ3) is 3.61. The zero-order chi connectivity index (χ0) is 13.7. The van der Waals surface area contributed by atoms with E-state index in [9.17, 15) is 8.78 Å². The first-order valence-corrected chi connectivity index (χ1v) is 6.40. The Morgan fingerprint density at radius 2 is 1.95 bits per heavy atom. The lowest BCUT2D eigenvalue weighted by Crippen LogP contribution is -1.98. The Bertz CT molecular complexity index is 537. The van der Waals surface area contributed by atoms with Crippen LogP contribution in [-0.2, 0) is 6.42 Å². The number of hydrogen-bond acceptors (Lipinski definition) is 2. The molecule has 0 fully saturated rings. The fraction of sp³-hybridized carbons (Fsp3) is 0.357. The average molecular weight is 265 g/mol. The quantitative estimate of drug-likeness (QED) is 0.789. The van der Waals surface area contributed by atoms with Crippen LogP contribution in [0.3, 0.4) is 0 Å². The van der Waals surface area contributed by atoms with Crippen molar-refractivity contribution in [3.63, 3.8) is 0 Å². The number of unbranched alkanes of at least 4 members (excludes halogenated alkanes) is 2. The standard InChI is InChI=1S/C14H17F2N3/c15-11-6-5-10(8-12(11)16)13-9-18-14(19-13)4-2-1-3-7-17/h5-6,8-9H,1-4,7,17H2,(H,18,19). The number of H-pyrrole nitrogens is 1. The minimum Gasteiger partial charge on any atom is -0.342 e. The topological polar surface area (TPSA) is 54.7 Å². The molecule has 0 aliphatic carbocycles. The minimum atomic E-state index is -0.850. The molecule has 1 aromatic heterocycles. The van der Waals surface area contributed by atoms with E-state index in [-0.39, 0.29) is 0 Å². The van der Waals surface area contributed by atoms with E-state index >= 15 is 0 Å². The van der Waals surface area contributed by atoms with Crippen molar-refractivity contribution in [2.45, 2.75) is 25.7 Å². The number of rotatable bonds is 6. The summed E-state index contributed by atoms with van der Waals surface area (Å²) < 4.78 is 26.0. The van der Waals surface area contributed by atoms with E-state index in [0.29, 0.717) is 17.8 Å². The highest BCUT2D eigenvalue weighted by molar-refractivity contribution is 5.58. The lowest BCUT2D eigenvalue weighted by molar-refractivity contribution is 0.509. The Labute approximate surface area is 110 Å². The smallest absolute Gasteiger partial charge is 0.159 e. The zero-order valence-corrected chi connectivity index (χ0v) is 10.6. The van der Waals surface area contributed by atoms with Crippen molar-refractivity contribution >= 4 is 0 Å². The van der Waals surface area contributed by atoms with Gasteiger partial charge in [-0.25, -0.2) is 13.8 Å². The van der Waals surface area contributed by atoms with Gasteiger partial charge in [0.2, 0.25) is 0 Å². The van der Waals surface area contributed by atoms with Gasteiger partial charge in [-0.05, 0) is 37.6 Å². The molecule has 0 amide bonds. The summed E-state index contributed by atoms with van der Waals surface area (Å²) in [7, 11) is 0. The molecule has 0 atom stereocenters. The first-order valence-electron chi connectivity index (χ1n) is 6.40. The first kappa shape index (κ1) is 13.7. The number of nitrogens with two attached hydrogens (primary N) is 1. The molecular weight excluding hydrogens is 248 g/mol. The van der Waals surface area contributed by atoms with Gasteiger partial charge in [0.05, 0.1) is 11.9 Å². The SMILES string of the molecule is NCCCCCc1ncc(-c2ccc(F)c(F)c2)[nH]1. The van der Waals surface area contributed by atoms with E-state index < -0.39 is 11.6 Å². The van der Waals surface area contributed by atoms with Crippen molar-refractivity contribution in [2.75, 3.05) is 6.54 Å². The van der Waals surface area contributed by atoms with E-state index in [4.69, 9.17) is 5.73 Å². The number of imidazole rings is 1. The van der Waals surface area contributed by atoms with Gasteiger partial charge >= 0.3 is 0 Å². The summed E-state index contributed by atoms with van der Waals surface area (Å²) in [5.74, 6) is -0.835.